The van der Waals surface area contributed by atoms with Crippen LogP contribution in [0.15, 0.2) is 18.2 Å². The second kappa shape index (κ2) is 7.49. The topological polar surface area (TPSA) is 58.6 Å². The summed E-state index contributed by atoms with van der Waals surface area (Å²) >= 11 is 0. The SMILES string of the molecule is CCC(C)NC(=O)N1CCCC1C(=O)c1ccc(OC)c(C)c1. The lowest BCUT2D eigenvalue weighted by atomic mass is 10.00. The smallest absolute Gasteiger partial charge is 0.318 e. The number of Topliss-reactive ketones (excluding diaryl/α,β-unsaturated/α-hetero) is 1. The highest BCUT2D eigenvalue weighted by atomic mass is 16.5. The van der Waals surface area contributed by atoms with Crippen molar-refractivity contribution < 1.29 is 14.3 Å². The molecule has 0 spiro atoms. The van der Waals surface area contributed by atoms with Crippen molar-refractivity contribution in [2.24, 2.45) is 0 Å². The summed E-state index contributed by atoms with van der Waals surface area (Å²) in [4.78, 5) is 26.9. The Kier molecular flexibility index (Phi) is 5.64. The summed E-state index contributed by atoms with van der Waals surface area (Å²) in [5.74, 6) is 0.770. The lowest BCUT2D eigenvalue weighted by Crippen LogP contribution is -2.48. The minimum Gasteiger partial charge on any atom is -0.496 e. The molecule has 2 rings (SSSR count). The van der Waals surface area contributed by atoms with Crippen LogP contribution < -0.4 is 10.1 Å². The van der Waals surface area contributed by atoms with Crippen molar-refractivity contribution >= 4 is 11.8 Å². The molecule has 1 N–H and O–H groups in total. The Morgan fingerprint density at radius 1 is 1.43 bits per heavy atom. The maximum absolute atomic E-state index is 12.8. The molecule has 1 aliphatic heterocycles. The number of carbonyl (C=O) groups excluding carboxylic acids is 2. The van der Waals surface area contributed by atoms with Crippen molar-refractivity contribution in [1.82, 2.24) is 10.2 Å². The summed E-state index contributed by atoms with van der Waals surface area (Å²) in [5, 5.41) is 2.95. The number of ether oxygens (including phenoxy) is 1. The number of methoxy groups -OCH3 is 1. The summed E-state index contributed by atoms with van der Waals surface area (Å²) in [7, 11) is 1.61. The van der Waals surface area contributed by atoms with Gasteiger partial charge in [-0.25, -0.2) is 4.79 Å². The lowest BCUT2D eigenvalue weighted by Gasteiger charge is -2.26. The summed E-state index contributed by atoms with van der Waals surface area (Å²) in [6, 6.07) is 5.03. The Bertz CT molecular complexity index is 586. The number of likely N-dealkylation sites (tertiary alicyclic amines) is 1. The van der Waals surface area contributed by atoms with E-state index in [1.54, 1.807) is 24.1 Å². The molecular weight excluding hydrogens is 292 g/mol. The van der Waals surface area contributed by atoms with Crippen LogP contribution in [0.25, 0.3) is 0 Å². The molecule has 0 saturated carbocycles. The Labute approximate surface area is 138 Å². The van der Waals surface area contributed by atoms with Gasteiger partial charge in [-0.1, -0.05) is 6.92 Å². The van der Waals surface area contributed by atoms with Gasteiger partial charge < -0.3 is 15.0 Å². The van der Waals surface area contributed by atoms with Crippen LogP contribution in [0.1, 0.15) is 49.0 Å². The zero-order valence-corrected chi connectivity index (χ0v) is 14.4. The average Bonchev–Trinajstić information content (AvgIpc) is 3.03. The van der Waals surface area contributed by atoms with Crippen LogP contribution >= 0.6 is 0 Å². The van der Waals surface area contributed by atoms with E-state index in [1.807, 2.05) is 26.8 Å². The molecule has 1 aromatic rings. The van der Waals surface area contributed by atoms with E-state index in [4.69, 9.17) is 4.74 Å². The molecule has 1 fully saturated rings. The predicted octanol–water partition coefficient (Wildman–Crippen LogP) is 3.16. The molecule has 23 heavy (non-hydrogen) atoms. The molecule has 5 heteroatoms. The maximum atomic E-state index is 12.8. The largest absolute Gasteiger partial charge is 0.496 e. The van der Waals surface area contributed by atoms with Crippen molar-refractivity contribution in [2.75, 3.05) is 13.7 Å². The molecule has 5 nitrogen and oxygen atoms in total. The van der Waals surface area contributed by atoms with Gasteiger partial charge in [0, 0.05) is 18.2 Å². The summed E-state index contributed by atoms with van der Waals surface area (Å²) in [6.07, 6.45) is 2.45. The van der Waals surface area contributed by atoms with E-state index in [0.29, 0.717) is 12.1 Å². The fourth-order valence-electron chi connectivity index (χ4n) is 2.90. The first kappa shape index (κ1) is 17.3. The van der Waals surface area contributed by atoms with Crippen LogP contribution in [-0.2, 0) is 0 Å². The highest BCUT2D eigenvalue weighted by Gasteiger charge is 2.34. The molecule has 2 unspecified atom stereocenters. The fourth-order valence-corrected chi connectivity index (χ4v) is 2.90. The Morgan fingerprint density at radius 2 is 2.17 bits per heavy atom. The normalized spacial score (nSPS) is 18.6. The highest BCUT2D eigenvalue weighted by Crippen LogP contribution is 2.24. The van der Waals surface area contributed by atoms with Gasteiger partial charge in [-0.15, -0.1) is 0 Å². The number of urea groups is 1. The van der Waals surface area contributed by atoms with Crippen LogP contribution in [0.2, 0.25) is 0 Å². The van der Waals surface area contributed by atoms with Gasteiger partial charge in [0.2, 0.25) is 0 Å². The van der Waals surface area contributed by atoms with E-state index >= 15 is 0 Å². The third-order valence-corrected chi connectivity index (χ3v) is 4.48. The van der Waals surface area contributed by atoms with Crippen LogP contribution in [0.5, 0.6) is 5.75 Å². The zero-order valence-electron chi connectivity index (χ0n) is 14.4. The molecule has 0 aliphatic carbocycles. The zero-order chi connectivity index (χ0) is 17.0. The first-order valence-electron chi connectivity index (χ1n) is 8.23. The third kappa shape index (κ3) is 3.84. The number of benzene rings is 1. The number of hydrogen-bond acceptors (Lipinski definition) is 3. The molecule has 0 aromatic heterocycles. The molecule has 2 amide bonds. The van der Waals surface area contributed by atoms with Gasteiger partial charge in [-0.2, -0.15) is 0 Å². The Balaban J connectivity index is 2.14. The van der Waals surface area contributed by atoms with Crippen LogP contribution in [-0.4, -0.2) is 42.5 Å². The van der Waals surface area contributed by atoms with Crippen LogP contribution in [0, 0.1) is 6.92 Å². The molecule has 1 saturated heterocycles. The van der Waals surface area contributed by atoms with E-state index in [1.165, 1.54) is 0 Å². The molecule has 0 radical (unpaired) electrons. The predicted molar refractivity (Wildman–Crippen MR) is 90.1 cm³/mol. The number of ketones is 1. The van der Waals surface area contributed by atoms with E-state index in [0.717, 1.165) is 30.6 Å². The number of aryl methyl sites for hydroxylation is 1. The minimum absolute atomic E-state index is 0.00699. The number of rotatable bonds is 5. The van der Waals surface area contributed by atoms with Gasteiger partial charge in [0.15, 0.2) is 5.78 Å². The van der Waals surface area contributed by atoms with Gasteiger partial charge in [0.25, 0.3) is 0 Å². The van der Waals surface area contributed by atoms with Crippen LogP contribution in [0.4, 0.5) is 4.79 Å². The molecular formula is C18H26N2O3. The number of carbonyl (C=O) groups is 2. The van der Waals surface area contributed by atoms with E-state index in [9.17, 15) is 9.59 Å². The van der Waals surface area contributed by atoms with E-state index < -0.39 is 0 Å². The maximum Gasteiger partial charge on any atom is 0.318 e. The van der Waals surface area contributed by atoms with Crippen LogP contribution in [0.3, 0.4) is 0 Å². The van der Waals surface area contributed by atoms with Gasteiger partial charge in [-0.3, -0.25) is 4.79 Å². The summed E-state index contributed by atoms with van der Waals surface area (Å²) in [5.41, 5.74) is 1.56. The number of amides is 2. The van der Waals surface area contributed by atoms with Gasteiger partial charge >= 0.3 is 6.03 Å². The second-order valence-electron chi connectivity index (χ2n) is 6.16. The lowest BCUT2D eigenvalue weighted by molar-refractivity contribution is 0.0885. The average molecular weight is 318 g/mol. The molecule has 1 aromatic carbocycles. The molecule has 126 valence electrons. The molecule has 0 bridgehead atoms. The minimum atomic E-state index is -0.369. The Morgan fingerprint density at radius 3 is 2.78 bits per heavy atom. The number of hydrogen-bond donors (Lipinski definition) is 1. The molecule has 1 aliphatic rings. The van der Waals surface area contributed by atoms with Gasteiger partial charge in [0.1, 0.15) is 5.75 Å². The highest BCUT2D eigenvalue weighted by molar-refractivity contribution is 6.02. The van der Waals surface area contributed by atoms with Crippen molar-refractivity contribution in [1.29, 1.82) is 0 Å². The van der Waals surface area contributed by atoms with E-state index in [2.05, 4.69) is 5.32 Å². The van der Waals surface area contributed by atoms with Gasteiger partial charge in [0.05, 0.1) is 13.2 Å². The van der Waals surface area contributed by atoms with Crippen molar-refractivity contribution in [3.05, 3.63) is 29.3 Å². The van der Waals surface area contributed by atoms with Crippen molar-refractivity contribution in [3.63, 3.8) is 0 Å². The molecule has 1 heterocycles. The number of nitrogens with one attached hydrogen (secondary N) is 1. The molecule has 2 atom stereocenters. The monoisotopic (exact) mass is 318 g/mol. The van der Waals surface area contributed by atoms with E-state index in [-0.39, 0.29) is 23.9 Å². The summed E-state index contributed by atoms with van der Waals surface area (Å²) in [6.45, 7) is 6.54. The third-order valence-electron chi connectivity index (χ3n) is 4.48. The first-order valence-corrected chi connectivity index (χ1v) is 8.23. The van der Waals surface area contributed by atoms with Gasteiger partial charge in [-0.05, 0) is 56.9 Å². The van der Waals surface area contributed by atoms with Crippen molar-refractivity contribution in [2.45, 2.75) is 52.1 Å². The van der Waals surface area contributed by atoms with Crippen molar-refractivity contribution in [3.8, 4) is 5.75 Å². The standard InChI is InChI=1S/C18H26N2O3/c1-5-13(3)19-18(22)20-10-6-7-15(20)17(21)14-8-9-16(23-4)12(2)11-14/h8-9,11,13,15H,5-7,10H2,1-4H3,(H,19,22). The number of nitrogens with zero attached hydrogens (tertiary/aromatic N) is 1. The summed E-state index contributed by atoms with van der Waals surface area (Å²) < 4.78 is 5.23. The Hall–Kier alpha value is -2.04. The fraction of sp³-hybridized carbons (Fsp3) is 0.556. The second-order valence-corrected chi connectivity index (χ2v) is 6.16. The quantitative estimate of drug-likeness (QED) is 0.848. The first-order chi connectivity index (χ1) is 11.0.